The number of hydrogen-bond donors (Lipinski definition) is 2. The fourth-order valence-electron chi connectivity index (χ4n) is 2.29. The molecule has 0 bridgehead atoms. The third-order valence-electron chi connectivity index (χ3n) is 3.68. The van der Waals surface area contributed by atoms with E-state index in [1.54, 1.807) is 0 Å². The number of carboxylic acid groups (broad SMARTS) is 1. The minimum absolute atomic E-state index is 0.00435. The third kappa shape index (κ3) is 4.64. The van der Waals surface area contributed by atoms with Crippen LogP contribution in [-0.4, -0.2) is 47.6 Å². The molecule has 0 spiro atoms. The van der Waals surface area contributed by atoms with Crippen LogP contribution in [0.15, 0.2) is 0 Å². The largest absolute Gasteiger partial charge is 0.480 e. The van der Waals surface area contributed by atoms with Gasteiger partial charge in [-0.05, 0) is 45.2 Å². The number of hydrogen-bond acceptors (Lipinski definition) is 3. The van der Waals surface area contributed by atoms with E-state index in [2.05, 4.69) is 5.32 Å². The quantitative estimate of drug-likeness (QED) is 0.715. The maximum atomic E-state index is 12.1. The Kier molecular flexibility index (Phi) is 6.12. The van der Waals surface area contributed by atoms with Crippen molar-refractivity contribution in [2.75, 3.05) is 19.6 Å². The number of carbonyl (C=O) groups is 2. The summed E-state index contributed by atoms with van der Waals surface area (Å²) in [5.41, 5.74) is 0. The maximum absolute atomic E-state index is 12.1. The molecule has 0 aliphatic carbocycles. The lowest BCUT2D eigenvalue weighted by Gasteiger charge is -2.27. The molecule has 1 saturated heterocycles. The Hall–Kier alpha value is -1.10. The van der Waals surface area contributed by atoms with Crippen molar-refractivity contribution < 1.29 is 14.7 Å². The molecule has 1 rings (SSSR count). The molecule has 1 aliphatic heterocycles. The van der Waals surface area contributed by atoms with E-state index in [1.807, 2.05) is 13.8 Å². The van der Waals surface area contributed by atoms with E-state index in [9.17, 15) is 9.59 Å². The summed E-state index contributed by atoms with van der Waals surface area (Å²) in [6.07, 6.45) is 3.22. The van der Waals surface area contributed by atoms with Crippen molar-refractivity contribution in [1.29, 1.82) is 0 Å². The third-order valence-corrected chi connectivity index (χ3v) is 3.68. The van der Waals surface area contributed by atoms with Crippen LogP contribution in [0, 0.1) is 5.92 Å². The van der Waals surface area contributed by atoms with E-state index < -0.39 is 5.97 Å². The molecule has 0 aromatic heterocycles. The lowest BCUT2D eigenvalue weighted by Crippen LogP contribution is -2.41. The molecule has 1 fully saturated rings. The molecule has 1 amide bonds. The molecular weight excluding hydrogens is 232 g/mol. The SMILES string of the molecule is CCC(C)N(CC(=O)O)C(=O)CCC1CCNC1. The number of rotatable bonds is 7. The Bertz CT molecular complexity index is 288. The van der Waals surface area contributed by atoms with E-state index in [0.29, 0.717) is 12.3 Å². The molecule has 1 aliphatic rings. The van der Waals surface area contributed by atoms with Crippen molar-refractivity contribution in [1.82, 2.24) is 10.2 Å². The number of carboxylic acids is 1. The highest BCUT2D eigenvalue weighted by molar-refractivity contribution is 5.81. The molecule has 0 radical (unpaired) electrons. The lowest BCUT2D eigenvalue weighted by molar-refractivity contribution is -0.146. The number of carbonyl (C=O) groups excluding carboxylic acids is 1. The van der Waals surface area contributed by atoms with Gasteiger partial charge in [-0.3, -0.25) is 9.59 Å². The van der Waals surface area contributed by atoms with Gasteiger partial charge in [0, 0.05) is 12.5 Å². The van der Waals surface area contributed by atoms with Crippen LogP contribution in [0.4, 0.5) is 0 Å². The molecule has 0 saturated carbocycles. The van der Waals surface area contributed by atoms with Gasteiger partial charge in [0.1, 0.15) is 6.54 Å². The van der Waals surface area contributed by atoms with Gasteiger partial charge in [0.05, 0.1) is 0 Å². The summed E-state index contributed by atoms with van der Waals surface area (Å²) in [6.45, 7) is 5.70. The molecule has 2 N–H and O–H groups in total. The van der Waals surface area contributed by atoms with Gasteiger partial charge in [-0.1, -0.05) is 6.92 Å². The Labute approximate surface area is 109 Å². The van der Waals surface area contributed by atoms with Gasteiger partial charge < -0.3 is 15.3 Å². The van der Waals surface area contributed by atoms with Gasteiger partial charge in [0.15, 0.2) is 0 Å². The fourth-order valence-corrected chi connectivity index (χ4v) is 2.29. The van der Waals surface area contributed by atoms with E-state index >= 15 is 0 Å². The smallest absolute Gasteiger partial charge is 0.323 e. The zero-order chi connectivity index (χ0) is 13.5. The molecule has 2 unspecified atom stereocenters. The molecule has 104 valence electrons. The molecule has 0 aromatic carbocycles. The van der Waals surface area contributed by atoms with Crippen molar-refractivity contribution in [2.45, 2.75) is 45.6 Å². The minimum Gasteiger partial charge on any atom is -0.480 e. The predicted molar refractivity (Wildman–Crippen MR) is 69.3 cm³/mol. The number of amides is 1. The zero-order valence-electron chi connectivity index (χ0n) is 11.3. The van der Waals surface area contributed by atoms with Crippen molar-refractivity contribution >= 4 is 11.9 Å². The van der Waals surface area contributed by atoms with Crippen molar-refractivity contribution in [3.8, 4) is 0 Å². The Morgan fingerprint density at radius 3 is 2.72 bits per heavy atom. The number of nitrogens with zero attached hydrogens (tertiary/aromatic N) is 1. The maximum Gasteiger partial charge on any atom is 0.323 e. The van der Waals surface area contributed by atoms with Crippen LogP contribution in [0.1, 0.15) is 39.5 Å². The second kappa shape index (κ2) is 7.36. The van der Waals surface area contributed by atoms with Crippen LogP contribution in [0.2, 0.25) is 0 Å². The topological polar surface area (TPSA) is 69.6 Å². The molecule has 5 heteroatoms. The summed E-state index contributed by atoms with van der Waals surface area (Å²) in [7, 11) is 0. The summed E-state index contributed by atoms with van der Waals surface area (Å²) in [6, 6.07) is -0.00435. The summed E-state index contributed by atoms with van der Waals surface area (Å²) in [5.74, 6) is -0.401. The van der Waals surface area contributed by atoms with Gasteiger partial charge in [-0.15, -0.1) is 0 Å². The molecule has 2 atom stereocenters. The molecule has 1 heterocycles. The first-order valence-corrected chi connectivity index (χ1v) is 6.76. The Morgan fingerprint density at radius 1 is 1.50 bits per heavy atom. The Morgan fingerprint density at radius 2 is 2.22 bits per heavy atom. The van der Waals surface area contributed by atoms with Crippen molar-refractivity contribution in [3.05, 3.63) is 0 Å². The van der Waals surface area contributed by atoms with E-state index in [4.69, 9.17) is 5.11 Å². The number of nitrogens with one attached hydrogen (secondary N) is 1. The fraction of sp³-hybridized carbons (Fsp3) is 0.846. The van der Waals surface area contributed by atoms with Gasteiger partial charge >= 0.3 is 5.97 Å². The molecule has 5 nitrogen and oxygen atoms in total. The standard InChI is InChI=1S/C13H24N2O3/c1-3-10(2)15(9-13(17)18)12(16)5-4-11-6-7-14-8-11/h10-11,14H,3-9H2,1-2H3,(H,17,18). The summed E-state index contributed by atoms with van der Waals surface area (Å²) < 4.78 is 0. The van der Waals surface area contributed by atoms with Crippen LogP contribution >= 0.6 is 0 Å². The van der Waals surface area contributed by atoms with Crippen LogP contribution in [0.3, 0.4) is 0 Å². The van der Waals surface area contributed by atoms with E-state index in [1.165, 1.54) is 4.90 Å². The monoisotopic (exact) mass is 256 g/mol. The highest BCUT2D eigenvalue weighted by atomic mass is 16.4. The normalized spacial score (nSPS) is 20.7. The second-order valence-corrected chi connectivity index (χ2v) is 5.07. The zero-order valence-corrected chi connectivity index (χ0v) is 11.3. The molecular formula is C13H24N2O3. The van der Waals surface area contributed by atoms with E-state index in [0.717, 1.165) is 32.4 Å². The van der Waals surface area contributed by atoms with Gasteiger partial charge in [-0.2, -0.15) is 0 Å². The van der Waals surface area contributed by atoms with Gasteiger partial charge in [0.25, 0.3) is 0 Å². The predicted octanol–water partition coefficient (Wildman–Crippen LogP) is 1.09. The van der Waals surface area contributed by atoms with Crippen LogP contribution in [0.5, 0.6) is 0 Å². The lowest BCUT2D eigenvalue weighted by atomic mass is 10.0. The van der Waals surface area contributed by atoms with Gasteiger partial charge in [0.2, 0.25) is 5.91 Å². The first-order chi connectivity index (χ1) is 8.54. The van der Waals surface area contributed by atoms with Gasteiger partial charge in [-0.25, -0.2) is 0 Å². The highest BCUT2D eigenvalue weighted by Crippen LogP contribution is 2.16. The van der Waals surface area contributed by atoms with Crippen molar-refractivity contribution in [3.63, 3.8) is 0 Å². The summed E-state index contributed by atoms with van der Waals surface area (Å²) >= 11 is 0. The van der Waals surface area contributed by atoms with E-state index in [-0.39, 0.29) is 18.5 Å². The van der Waals surface area contributed by atoms with Crippen molar-refractivity contribution in [2.24, 2.45) is 5.92 Å². The van der Waals surface area contributed by atoms with Crippen LogP contribution < -0.4 is 5.32 Å². The van der Waals surface area contributed by atoms with Crippen LogP contribution in [-0.2, 0) is 9.59 Å². The summed E-state index contributed by atoms with van der Waals surface area (Å²) in [4.78, 5) is 24.4. The molecule has 18 heavy (non-hydrogen) atoms. The molecule has 0 aromatic rings. The average Bonchev–Trinajstić information content (AvgIpc) is 2.85. The first-order valence-electron chi connectivity index (χ1n) is 6.76. The average molecular weight is 256 g/mol. The second-order valence-electron chi connectivity index (χ2n) is 5.07. The first kappa shape index (κ1) is 15.0. The highest BCUT2D eigenvalue weighted by Gasteiger charge is 2.23. The minimum atomic E-state index is -0.939. The summed E-state index contributed by atoms with van der Waals surface area (Å²) in [5, 5.41) is 12.1. The number of aliphatic carboxylic acids is 1. The Balaban J connectivity index is 2.44. The van der Waals surface area contributed by atoms with Crippen LogP contribution in [0.25, 0.3) is 0 Å².